The third-order valence-corrected chi connectivity index (χ3v) is 6.28. The molecule has 4 rings (SSSR count). The molecule has 0 saturated carbocycles. The highest BCUT2D eigenvalue weighted by molar-refractivity contribution is 8.01. The van der Waals surface area contributed by atoms with Crippen LogP contribution in [0.1, 0.15) is 12.0 Å². The molecule has 7 nitrogen and oxygen atoms in total. The number of carbonyl (C=O) groups excluding carboxylic acids is 1. The fraction of sp³-hybridized carbons (Fsp3) is 0.235. The summed E-state index contributed by atoms with van der Waals surface area (Å²) < 4.78 is 0.906. The predicted molar refractivity (Wildman–Crippen MR) is 102 cm³/mol. The maximum atomic E-state index is 12.5. The molecular formula is C17H14N4O3S2. The van der Waals surface area contributed by atoms with E-state index in [1.54, 1.807) is 35.0 Å². The van der Waals surface area contributed by atoms with Crippen molar-refractivity contribution in [2.75, 3.05) is 17.2 Å². The van der Waals surface area contributed by atoms with Crippen LogP contribution in [0.4, 0.5) is 11.4 Å². The van der Waals surface area contributed by atoms with Crippen molar-refractivity contribution in [2.45, 2.75) is 17.2 Å². The number of thioether (sulfide) groups is 1. The Morgan fingerprint density at radius 2 is 2.27 bits per heavy atom. The van der Waals surface area contributed by atoms with Crippen LogP contribution in [-0.4, -0.2) is 33.1 Å². The van der Waals surface area contributed by atoms with E-state index in [1.165, 1.54) is 17.4 Å². The highest BCUT2D eigenvalue weighted by Crippen LogP contribution is 2.32. The van der Waals surface area contributed by atoms with Crippen molar-refractivity contribution in [3.8, 4) is 0 Å². The second-order valence-electron chi connectivity index (χ2n) is 5.77. The number of carbonyl (C=O) groups is 1. The van der Waals surface area contributed by atoms with Crippen molar-refractivity contribution in [3.05, 3.63) is 52.2 Å². The summed E-state index contributed by atoms with van der Waals surface area (Å²) in [5.74, 6) is 0.668. The van der Waals surface area contributed by atoms with Gasteiger partial charge in [0.2, 0.25) is 5.91 Å². The van der Waals surface area contributed by atoms with E-state index in [1.807, 2.05) is 12.1 Å². The van der Waals surface area contributed by atoms with Gasteiger partial charge in [-0.15, -0.1) is 0 Å². The van der Waals surface area contributed by atoms with E-state index in [9.17, 15) is 14.9 Å². The van der Waals surface area contributed by atoms with Gasteiger partial charge >= 0.3 is 0 Å². The highest BCUT2D eigenvalue weighted by Gasteiger charge is 2.26. The molecule has 2 aromatic heterocycles. The Bertz CT molecular complexity index is 972. The van der Waals surface area contributed by atoms with Gasteiger partial charge in [-0.05, 0) is 30.2 Å². The summed E-state index contributed by atoms with van der Waals surface area (Å²) in [6.45, 7) is 0.574. The number of nitro groups is 1. The summed E-state index contributed by atoms with van der Waals surface area (Å²) in [5.41, 5.74) is 2.59. The summed E-state index contributed by atoms with van der Waals surface area (Å²) in [7, 11) is 0. The van der Waals surface area contributed by atoms with E-state index in [-0.39, 0.29) is 11.6 Å². The fourth-order valence-corrected chi connectivity index (χ4v) is 4.91. The van der Waals surface area contributed by atoms with E-state index in [0.717, 1.165) is 25.9 Å². The molecule has 1 aliphatic heterocycles. The van der Waals surface area contributed by atoms with Gasteiger partial charge in [-0.2, -0.15) is 0 Å². The molecule has 1 amide bonds. The van der Waals surface area contributed by atoms with Crippen LogP contribution in [0.5, 0.6) is 0 Å². The topological polar surface area (TPSA) is 89.2 Å². The van der Waals surface area contributed by atoms with Crippen LogP contribution < -0.4 is 4.90 Å². The third-order valence-electron chi connectivity index (χ3n) is 4.16. The number of hydrogen-bond acceptors (Lipinski definition) is 7. The van der Waals surface area contributed by atoms with Gasteiger partial charge in [0, 0.05) is 42.7 Å². The number of aromatic nitrogens is 2. The zero-order valence-corrected chi connectivity index (χ0v) is 15.3. The normalized spacial score (nSPS) is 13.2. The fourth-order valence-electron chi connectivity index (χ4n) is 2.93. The average molecular weight is 386 g/mol. The Kier molecular flexibility index (Phi) is 4.56. The van der Waals surface area contributed by atoms with Crippen LogP contribution in [0.3, 0.4) is 0 Å². The van der Waals surface area contributed by atoms with Crippen molar-refractivity contribution in [2.24, 2.45) is 0 Å². The van der Waals surface area contributed by atoms with Gasteiger partial charge < -0.3 is 4.90 Å². The number of nitro benzene ring substituents is 1. The van der Waals surface area contributed by atoms with Crippen LogP contribution in [0.25, 0.3) is 10.3 Å². The van der Waals surface area contributed by atoms with Crippen molar-refractivity contribution >= 4 is 50.7 Å². The Hall–Kier alpha value is -2.52. The van der Waals surface area contributed by atoms with Crippen LogP contribution in [0.15, 0.2) is 40.9 Å². The van der Waals surface area contributed by atoms with Crippen molar-refractivity contribution < 1.29 is 9.72 Å². The van der Waals surface area contributed by atoms with Crippen LogP contribution in [0.2, 0.25) is 0 Å². The van der Waals surface area contributed by atoms with Gasteiger partial charge in [0.05, 0.1) is 4.92 Å². The summed E-state index contributed by atoms with van der Waals surface area (Å²) in [4.78, 5) is 34.4. The first-order chi connectivity index (χ1) is 12.6. The molecule has 3 aromatic rings. The summed E-state index contributed by atoms with van der Waals surface area (Å²) in [6.07, 6.45) is 2.79. The van der Waals surface area contributed by atoms with E-state index < -0.39 is 4.92 Å². The van der Waals surface area contributed by atoms with Gasteiger partial charge in [0.25, 0.3) is 5.69 Å². The number of thiazole rings is 1. The van der Waals surface area contributed by atoms with E-state index in [2.05, 4.69) is 9.97 Å². The van der Waals surface area contributed by atoms with Gasteiger partial charge in [0.15, 0.2) is 4.34 Å². The zero-order valence-electron chi connectivity index (χ0n) is 13.6. The smallest absolute Gasteiger partial charge is 0.269 e. The molecule has 0 spiro atoms. The van der Waals surface area contributed by atoms with Crippen molar-refractivity contribution in [1.82, 2.24) is 9.97 Å². The minimum Gasteiger partial charge on any atom is -0.312 e. The van der Waals surface area contributed by atoms with Gasteiger partial charge in [-0.25, -0.2) is 9.97 Å². The zero-order chi connectivity index (χ0) is 18.1. The molecule has 0 N–H and O–H groups in total. The molecule has 0 unspecified atom stereocenters. The molecule has 26 heavy (non-hydrogen) atoms. The third kappa shape index (κ3) is 3.27. The predicted octanol–water partition coefficient (Wildman–Crippen LogP) is 3.67. The van der Waals surface area contributed by atoms with Crippen molar-refractivity contribution in [1.29, 1.82) is 0 Å². The summed E-state index contributed by atoms with van der Waals surface area (Å²) >= 11 is 3.08. The molecule has 1 aromatic carbocycles. The SMILES string of the molecule is O=C(CCSc1nc2cccnc2s1)N1CCc2cc([N+](=O)[O-])ccc21. The molecular weight excluding hydrogens is 372 g/mol. The van der Waals surface area contributed by atoms with Crippen LogP contribution >= 0.6 is 23.1 Å². The molecule has 132 valence electrons. The standard InChI is InChI=1S/C17H14N4O3S2/c22-15(6-9-25-17-19-13-2-1-7-18-16(13)26-17)20-8-5-11-10-12(21(23)24)3-4-14(11)20/h1-4,7,10H,5-6,8-9H2. The molecule has 0 aliphatic carbocycles. The maximum Gasteiger partial charge on any atom is 0.269 e. The first kappa shape index (κ1) is 16.9. The molecule has 1 aliphatic rings. The number of amides is 1. The monoisotopic (exact) mass is 386 g/mol. The second kappa shape index (κ2) is 7.00. The molecule has 3 heterocycles. The van der Waals surface area contributed by atoms with Gasteiger partial charge in [0.1, 0.15) is 10.3 Å². The lowest BCUT2D eigenvalue weighted by Gasteiger charge is -2.16. The lowest BCUT2D eigenvalue weighted by Crippen LogP contribution is -2.29. The number of pyridine rings is 1. The highest BCUT2D eigenvalue weighted by atomic mass is 32.2. The van der Waals surface area contributed by atoms with Gasteiger partial charge in [-0.1, -0.05) is 23.1 Å². The Morgan fingerprint density at radius 3 is 3.08 bits per heavy atom. The molecule has 9 heteroatoms. The van der Waals surface area contributed by atoms with E-state index in [4.69, 9.17) is 0 Å². The largest absolute Gasteiger partial charge is 0.312 e. The number of benzene rings is 1. The van der Waals surface area contributed by atoms with Gasteiger partial charge in [-0.3, -0.25) is 14.9 Å². The molecule has 0 radical (unpaired) electrons. The number of nitrogens with zero attached hydrogens (tertiary/aromatic N) is 4. The summed E-state index contributed by atoms with van der Waals surface area (Å²) in [6, 6.07) is 8.47. The average Bonchev–Trinajstić information content (AvgIpc) is 3.24. The van der Waals surface area contributed by atoms with Crippen LogP contribution in [0, 0.1) is 10.1 Å². The first-order valence-electron chi connectivity index (χ1n) is 8.04. The van der Waals surface area contributed by atoms with E-state index in [0.29, 0.717) is 25.1 Å². The number of non-ortho nitro benzene ring substituents is 1. The molecule has 0 fully saturated rings. The minimum absolute atomic E-state index is 0.0318. The number of hydrogen-bond donors (Lipinski definition) is 0. The maximum absolute atomic E-state index is 12.5. The quantitative estimate of drug-likeness (QED) is 0.378. The first-order valence-corrected chi connectivity index (χ1v) is 9.84. The lowest BCUT2D eigenvalue weighted by atomic mass is 10.1. The molecule has 0 saturated heterocycles. The summed E-state index contributed by atoms with van der Waals surface area (Å²) in [5, 5.41) is 10.9. The van der Waals surface area contributed by atoms with Crippen molar-refractivity contribution in [3.63, 3.8) is 0 Å². The number of fused-ring (bicyclic) bond motifs is 2. The van der Waals surface area contributed by atoms with E-state index >= 15 is 0 Å². The number of anilines is 1. The Balaban J connectivity index is 1.38. The molecule has 0 bridgehead atoms. The second-order valence-corrected chi connectivity index (χ2v) is 8.09. The Labute approximate surface area is 157 Å². The molecule has 0 atom stereocenters. The minimum atomic E-state index is -0.408. The Morgan fingerprint density at radius 1 is 1.38 bits per heavy atom. The lowest BCUT2D eigenvalue weighted by molar-refractivity contribution is -0.384. The number of rotatable bonds is 5. The van der Waals surface area contributed by atoms with Crippen LogP contribution in [-0.2, 0) is 11.2 Å².